The number of morpholine rings is 1. The van der Waals surface area contributed by atoms with E-state index >= 15 is 0 Å². The predicted octanol–water partition coefficient (Wildman–Crippen LogP) is 2.63. The lowest BCUT2D eigenvalue weighted by Gasteiger charge is -2.28. The topological polar surface area (TPSA) is 105 Å². The second kappa shape index (κ2) is 9.01. The van der Waals surface area contributed by atoms with Crippen molar-refractivity contribution in [3.05, 3.63) is 41.3 Å². The summed E-state index contributed by atoms with van der Waals surface area (Å²) in [6.45, 7) is 2.11. The summed E-state index contributed by atoms with van der Waals surface area (Å²) in [5.74, 6) is 0.864. The zero-order valence-electron chi connectivity index (χ0n) is 17.6. The molecule has 10 heteroatoms. The summed E-state index contributed by atoms with van der Waals surface area (Å²) in [7, 11) is 0. The lowest BCUT2D eigenvalue weighted by molar-refractivity contribution is 0.0299. The van der Waals surface area contributed by atoms with E-state index in [1.165, 1.54) is 0 Å². The first-order chi connectivity index (χ1) is 15.6. The van der Waals surface area contributed by atoms with Gasteiger partial charge in [0, 0.05) is 36.4 Å². The Morgan fingerprint density at radius 3 is 2.72 bits per heavy atom. The molecule has 0 radical (unpaired) electrons. The molecule has 1 saturated heterocycles. The molecular formula is C22H25ClN6O3. The van der Waals surface area contributed by atoms with E-state index in [4.69, 9.17) is 21.3 Å². The van der Waals surface area contributed by atoms with Crippen molar-refractivity contribution in [1.29, 1.82) is 0 Å². The molecule has 1 amide bonds. The highest BCUT2D eigenvalue weighted by Gasteiger charge is 2.24. The SMILES string of the molecule is O=C(c1cc(NC2CCC(O)CC2)nc(-c2cnn3ccc(Cl)cc23)n1)N1CCOCC1. The van der Waals surface area contributed by atoms with Gasteiger partial charge in [-0.05, 0) is 37.8 Å². The number of nitrogens with one attached hydrogen (secondary N) is 1. The van der Waals surface area contributed by atoms with Crippen molar-refractivity contribution < 1.29 is 14.6 Å². The van der Waals surface area contributed by atoms with Crippen LogP contribution in [0.2, 0.25) is 5.02 Å². The minimum Gasteiger partial charge on any atom is -0.393 e. The second-order valence-corrected chi connectivity index (χ2v) is 8.69. The molecule has 1 aliphatic carbocycles. The lowest BCUT2D eigenvalue weighted by Crippen LogP contribution is -2.41. The molecule has 2 fully saturated rings. The molecule has 0 unspecified atom stereocenters. The van der Waals surface area contributed by atoms with Crippen LogP contribution in [0.3, 0.4) is 0 Å². The van der Waals surface area contributed by atoms with Crippen LogP contribution >= 0.6 is 11.6 Å². The molecule has 3 aromatic rings. The summed E-state index contributed by atoms with van der Waals surface area (Å²) in [5.41, 5.74) is 1.79. The number of hydrogen-bond donors (Lipinski definition) is 2. The molecule has 5 rings (SSSR count). The van der Waals surface area contributed by atoms with E-state index < -0.39 is 0 Å². The van der Waals surface area contributed by atoms with Gasteiger partial charge in [0.25, 0.3) is 5.91 Å². The second-order valence-electron chi connectivity index (χ2n) is 8.25. The number of hydrogen-bond acceptors (Lipinski definition) is 7. The Morgan fingerprint density at radius 1 is 1.16 bits per heavy atom. The Labute approximate surface area is 190 Å². The largest absolute Gasteiger partial charge is 0.393 e. The fourth-order valence-corrected chi connectivity index (χ4v) is 4.40. The van der Waals surface area contributed by atoms with Crippen LogP contribution in [0.15, 0.2) is 30.6 Å². The van der Waals surface area contributed by atoms with Gasteiger partial charge in [-0.3, -0.25) is 4.79 Å². The van der Waals surface area contributed by atoms with Crippen molar-refractivity contribution in [1.82, 2.24) is 24.5 Å². The van der Waals surface area contributed by atoms with E-state index in [1.807, 2.05) is 0 Å². The molecular weight excluding hydrogens is 432 g/mol. The number of carbonyl (C=O) groups is 1. The molecule has 3 aromatic heterocycles. The fraction of sp³-hybridized carbons (Fsp3) is 0.455. The molecule has 1 saturated carbocycles. The van der Waals surface area contributed by atoms with Gasteiger partial charge in [-0.2, -0.15) is 5.10 Å². The molecule has 0 bridgehead atoms. The van der Waals surface area contributed by atoms with Crippen LogP contribution in [-0.2, 0) is 4.74 Å². The van der Waals surface area contributed by atoms with Gasteiger partial charge in [-0.25, -0.2) is 14.5 Å². The van der Waals surface area contributed by atoms with E-state index in [2.05, 4.69) is 15.4 Å². The average molecular weight is 457 g/mol. The Morgan fingerprint density at radius 2 is 1.94 bits per heavy atom. The van der Waals surface area contributed by atoms with Crippen LogP contribution in [0.1, 0.15) is 36.2 Å². The number of aliphatic hydroxyl groups is 1. The van der Waals surface area contributed by atoms with Crippen molar-refractivity contribution in [2.75, 3.05) is 31.6 Å². The number of pyridine rings is 1. The van der Waals surface area contributed by atoms with Gasteiger partial charge in [-0.1, -0.05) is 11.6 Å². The number of aromatic nitrogens is 4. The first-order valence-electron chi connectivity index (χ1n) is 10.9. The molecule has 0 atom stereocenters. The third-order valence-electron chi connectivity index (χ3n) is 6.02. The van der Waals surface area contributed by atoms with Gasteiger partial charge < -0.3 is 20.1 Å². The summed E-state index contributed by atoms with van der Waals surface area (Å²) in [6, 6.07) is 5.46. The van der Waals surface area contributed by atoms with Crippen LogP contribution in [0.5, 0.6) is 0 Å². The Kier molecular flexibility index (Phi) is 5.95. The third kappa shape index (κ3) is 4.41. The minimum absolute atomic E-state index is 0.145. The summed E-state index contributed by atoms with van der Waals surface area (Å²) < 4.78 is 7.08. The van der Waals surface area contributed by atoms with E-state index in [0.29, 0.717) is 54.2 Å². The summed E-state index contributed by atoms with van der Waals surface area (Å²) in [4.78, 5) is 24.3. The van der Waals surface area contributed by atoms with Crippen molar-refractivity contribution in [3.8, 4) is 11.4 Å². The number of amides is 1. The first kappa shape index (κ1) is 21.1. The molecule has 4 heterocycles. The fourth-order valence-electron chi connectivity index (χ4n) is 4.24. The highest BCUT2D eigenvalue weighted by atomic mass is 35.5. The molecule has 2 aliphatic rings. The minimum atomic E-state index is -0.240. The molecule has 168 valence electrons. The average Bonchev–Trinajstić information content (AvgIpc) is 3.23. The number of carbonyl (C=O) groups excluding carboxylic acids is 1. The first-order valence-corrected chi connectivity index (χ1v) is 11.3. The van der Waals surface area contributed by atoms with Crippen molar-refractivity contribution in [2.45, 2.75) is 37.8 Å². The highest BCUT2D eigenvalue weighted by Crippen LogP contribution is 2.27. The maximum absolute atomic E-state index is 13.2. The highest BCUT2D eigenvalue weighted by molar-refractivity contribution is 6.31. The number of rotatable bonds is 4. The van der Waals surface area contributed by atoms with Crippen LogP contribution in [0.25, 0.3) is 16.9 Å². The Balaban J connectivity index is 1.52. The van der Waals surface area contributed by atoms with E-state index in [0.717, 1.165) is 31.2 Å². The lowest BCUT2D eigenvalue weighted by atomic mass is 9.93. The quantitative estimate of drug-likeness (QED) is 0.621. The van der Waals surface area contributed by atoms with Gasteiger partial charge in [0.05, 0.1) is 36.6 Å². The van der Waals surface area contributed by atoms with Gasteiger partial charge in [0.15, 0.2) is 5.82 Å². The number of aliphatic hydroxyl groups excluding tert-OH is 1. The van der Waals surface area contributed by atoms with Crippen molar-refractivity contribution in [3.63, 3.8) is 0 Å². The smallest absolute Gasteiger partial charge is 0.272 e. The summed E-state index contributed by atoms with van der Waals surface area (Å²) in [6.07, 6.45) is 6.42. The normalized spacial score (nSPS) is 21.6. The zero-order chi connectivity index (χ0) is 22.1. The number of nitrogens with zero attached hydrogens (tertiary/aromatic N) is 5. The maximum atomic E-state index is 13.2. The Bertz CT molecular complexity index is 1120. The van der Waals surface area contributed by atoms with Gasteiger partial charge in [0.2, 0.25) is 0 Å². The van der Waals surface area contributed by atoms with Crippen LogP contribution in [0, 0.1) is 0 Å². The van der Waals surface area contributed by atoms with E-state index in [1.54, 1.807) is 40.0 Å². The van der Waals surface area contributed by atoms with Crippen molar-refractivity contribution >= 4 is 28.8 Å². The zero-order valence-corrected chi connectivity index (χ0v) is 18.3. The van der Waals surface area contributed by atoms with E-state index in [9.17, 15) is 9.90 Å². The molecule has 32 heavy (non-hydrogen) atoms. The van der Waals surface area contributed by atoms with Gasteiger partial charge in [-0.15, -0.1) is 0 Å². The molecule has 9 nitrogen and oxygen atoms in total. The number of halogens is 1. The van der Waals surface area contributed by atoms with Gasteiger partial charge in [0.1, 0.15) is 11.5 Å². The summed E-state index contributed by atoms with van der Waals surface area (Å²) in [5, 5.41) is 18.2. The standard InChI is InChI=1S/C22H25ClN6O3/c23-14-5-6-29-19(11-14)17(13-24-29)21-26-18(22(31)28-7-9-32-10-8-28)12-20(27-21)25-15-1-3-16(30)4-2-15/h5-6,11-13,15-16,30H,1-4,7-10H2,(H,25,26,27). The number of fused-ring (bicyclic) bond motifs is 1. The third-order valence-corrected chi connectivity index (χ3v) is 6.25. The predicted molar refractivity (Wildman–Crippen MR) is 120 cm³/mol. The van der Waals surface area contributed by atoms with E-state index in [-0.39, 0.29) is 18.1 Å². The van der Waals surface area contributed by atoms with Gasteiger partial charge >= 0.3 is 0 Å². The number of anilines is 1. The molecule has 2 N–H and O–H groups in total. The van der Waals surface area contributed by atoms with Crippen LogP contribution < -0.4 is 5.32 Å². The molecule has 0 spiro atoms. The molecule has 1 aliphatic heterocycles. The molecule has 0 aromatic carbocycles. The Hall–Kier alpha value is -2.75. The summed E-state index contributed by atoms with van der Waals surface area (Å²) >= 11 is 6.20. The number of ether oxygens (including phenoxy) is 1. The maximum Gasteiger partial charge on any atom is 0.272 e. The van der Waals surface area contributed by atoms with Crippen LogP contribution in [-0.4, -0.2) is 73.9 Å². The van der Waals surface area contributed by atoms with Crippen LogP contribution in [0.4, 0.5) is 5.82 Å². The van der Waals surface area contributed by atoms with Crippen molar-refractivity contribution in [2.24, 2.45) is 0 Å². The monoisotopic (exact) mass is 456 g/mol.